The molecule has 1 atom stereocenters. The van der Waals surface area contributed by atoms with E-state index < -0.39 is 11.2 Å². The minimum atomic E-state index is -0.881. The number of hydrogen-bond donors (Lipinski definition) is 0. The molecule has 0 saturated carbocycles. The van der Waals surface area contributed by atoms with Crippen LogP contribution < -0.4 is 5.32 Å². The molecule has 0 aliphatic heterocycles. The highest BCUT2D eigenvalue weighted by Gasteiger charge is 2.01. The smallest absolute Gasteiger partial charge is 0.152 e. The van der Waals surface area contributed by atoms with Gasteiger partial charge in [-0.2, -0.15) is 0 Å². The zero-order valence-electron chi connectivity index (χ0n) is 6.57. The summed E-state index contributed by atoms with van der Waals surface area (Å²) in [5.74, 6) is 0. The Kier molecular flexibility index (Phi) is 2.79. The van der Waals surface area contributed by atoms with E-state index in [0.29, 0.717) is 0 Å². The number of nitrogens with zero attached hydrogens (tertiary/aromatic N) is 1. The van der Waals surface area contributed by atoms with Crippen molar-refractivity contribution >= 4 is 16.9 Å². The van der Waals surface area contributed by atoms with E-state index in [0.717, 1.165) is 10.6 Å². The molecule has 0 heterocycles. The maximum atomic E-state index is 10.9. The van der Waals surface area contributed by atoms with Crippen molar-refractivity contribution in [2.45, 2.75) is 4.90 Å². The summed E-state index contributed by atoms with van der Waals surface area (Å²) in [7, 11) is 1.73. The Labute approximate surface area is 69.8 Å². The molecular weight excluding hydrogens is 158 g/mol. The Hall–Kier alpha value is -0.670. The van der Waals surface area contributed by atoms with Gasteiger partial charge in [0, 0.05) is 7.05 Å². The van der Waals surface area contributed by atoms with E-state index in [1.807, 2.05) is 24.3 Å². The summed E-state index contributed by atoms with van der Waals surface area (Å²) in [4.78, 5) is 0.845. The summed E-state index contributed by atoms with van der Waals surface area (Å²) in [6, 6.07) is 7.38. The third kappa shape index (κ3) is 2.13. The third-order valence-electron chi connectivity index (χ3n) is 1.43. The summed E-state index contributed by atoms with van der Waals surface area (Å²) >= 11 is -0.881. The molecule has 0 aliphatic rings. The minimum Gasteiger partial charge on any atom is -0.612 e. The van der Waals surface area contributed by atoms with Gasteiger partial charge in [-0.1, -0.05) is 0 Å². The van der Waals surface area contributed by atoms with Crippen molar-refractivity contribution in [3.8, 4) is 0 Å². The molecule has 0 N–H and O–H groups in total. The van der Waals surface area contributed by atoms with Crippen LogP contribution in [0.4, 0.5) is 5.69 Å². The van der Waals surface area contributed by atoms with Crippen molar-refractivity contribution in [3.63, 3.8) is 0 Å². The van der Waals surface area contributed by atoms with E-state index in [9.17, 15) is 4.55 Å². The summed E-state index contributed by atoms with van der Waals surface area (Å²) in [6.07, 6.45) is 1.66. The van der Waals surface area contributed by atoms with E-state index in [2.05, 4.69) is 5.32 Å². The lowest BCUT2D eigenvalue weighted by Gasteiger charge is -2.03. The highest BCUT2D eigenvalue weighted by Crippen LogP contribution is 2.12. The number of rotatable bonds is 2. The van der Waals surface area contributed by atoms with Crippen LogP contribution >= 0.6 is 0 Å². The molecule has 1 radical (unpaired) electrons. The Balaban J connectivity index is 2.83. The topological polar surface area (TPSA) is 37.2 Å². The molecule has 59 valence electrons. The highest BCUT2D eigenvalue weighted by atomic mass is 32.2. The normalized spacial score (nSPS) is 12.6. The Bertz CT molecular complexity index is 220. The van der Waals surface area contributed by atoms with Gasteiger partial charge in [0.2, 0.25) is 0 Å². The van der Waals surface area contributed by atoms with Crippen LogP contribution in [0.25, 0.3) is 0 Å². The minimum absolute atomic E-state index is 0.845. The largest absolute Gasteiger partial charge is 0.612 e. The Morgan fingerprint density at radius 3 is 2.18 bits per heavy atom. The summed E-state index contributed by atoms with van der Waals surface area (Å²) in [6.45, 7) is 0. The van der Waals surface area contributed by atoms with Crippen LogP contribution in [0.5, 0.6) is 0 Å². The van der Waals surface area contributed by atoms with Gasteiger partial charge in [-0.25, -0.2) is 0 Å². The van der Waals surface area contributed by atoms with E-state index in [-0.39, 0.29) is 0 Å². The molecule has 1 unspecified atom stereocenters. The van der Waals surface area contributed by atoms with Gasteiger partial charge in [0.05, 0.1) is 5.69 Å². The predicted molar refractivity (Wildman–Crippen MR) is 46.5 cm³/mol. The van der Waals surface area contributed by atoms with Crippen LogP contribution in [-0.2, 0) is 11.2 Å². The molecule has 3 heteroatoms. The van der Waals surface area contributed by atoms with Crippen LogP contribution in [0.1, 0.15) is 0 Å². The van der Waals surface area contributed by atoms with Crippen molar-refractivity contribution in [2.24, 2.45) is 0 Å². The molecule has 0 aliphatic carbocycles. The fourth-order valence-electron chi connectivity index (χ4n) is 0.787. The van der Waals surface area contributed by atoms with Gasteiger partial charge in [0.25, 0.3) is 0 Å². The van der Waals surface area contributed by atoms with E-state index >= 15 is 0 Å². The van der Waals surface area contributed by atoms with Crippen LogP contribution in [0.2, 0.25) is 0 Å². The standard InChI is InChI=1S/C8H10NOS/c1-9-7-3-5-8(6-4-7)11(2)10/h3-6H,1-2H3. The van der Waals surface area contributed by atoms with Crippen LogP contribution in [-0.4, -0.2) is 17.9 Å². The molecular formula is C8H10NOS. The first-order chi connectivity index (χ1) is 5.24. The van der Waals surface area contributed by atoms with Crippen molar-refractivity contribution in [1.82, 2.24) is 5.32 Å². The number of benzene rings is 1. The monoisotopic (exact) mass is 168 g/mol. The van der Waals surface area contributed by atoms with Crippen molar-refractivity contribution in [1.29, 1.82) is 0 Å². The molecule has 11 heavy (non-hydrogen) atoms. The van der Waals surface area contributed by atoms with Crippen LogP contribution in [0.3, 0.4) is 0 Å². The third-order valence-corrected chi connectivity index (χ3v) is 2.36. The van der Waals surface area contributed by atoms with Crippen molar-refractivity contribution in [2.75, 3.05) is 13.3 Å². The van der Waals surface area contributed by atoms with Gasteiger partial charge in [0.1, 0.15) is 6.26 Å². The fourth-order valence-corrected chi connectivity index (χ4v) is 1.31. The van der Waals surface area contributed by atoms with Crippen molar-refractivity contribution in [3.05, 3.63) is 24.3 Å². The highest BCUT2D eigenvalue weighted by molar-refractivity contribution is 7.90. The molecule has 0 amide bonds. The molecule has 0 fully saturated rings. The first kappa shape index (κ1) is 8.43. The molecule has 0 aromatic heterocycles. The van der Waals surface area contributed by atoms with Crippen molar-refractivity contribution < 1.29 is 4.55 Å². The van der Waals surface area contributed by atoms with Crippen LogP contribution in [0.15, 0.2) is 29.2 Å². The molecule has 1 rings (SSSR count). The second kappa shape index (κ2) is 3.64. The first-order valence-electron chi connectivity index (χ1n) is 3.27. The summed E-state index contributed by atoms with van der Waals surface area (Å²) < 4.78 is 10.9. The second-order valence-corrected chi connectivity index (χ2v) is 3.55. The summed E-state index contributed by atoms with van der Waals surface area (Å²) in [5, 5.41) is 3.97. The molecule has 0 saturated heterocycles. The van der Waals surface area contributed by atoms with E-state index in [1.54, 1.807) is 13.3 Å². The summed E-state index contributed by atoms with van der Waals surface area (Å²) in [5.41, 5.74) is 0.916. The van der Waals surface area contributed by atoms with Crippen LogP contribution in [0, 0.1) is 0 Å². The molecule has 2 nitrogen and oxygen atoms in total. The number of hydrogen-bond acceptors (Lipinski definition) is 1. The van der Waals surface area contributed by atoms with Gasteiger partial charge in [-0.05, 0) is 35.4 Å². The average Bonchev–Trinajstić information content (AvgIpc) is 2.05. The maximum absolute atomic E-state index is 10.9. The van der Waals surface area contributed by atoms with Gasteiger partial charge >= 0.3 is 0 Å². The van der Waals surface area contributed by atoms with E-state index in [1.165, 1.54) is 0 Å². The fraction of sp³-hybridized carbons (Fsp3) is 0.250. The zero-order valence-corrected chi connectivity index (χ0v) is 7.39. The maximum Gasteiger partial charge on any atom is 0.152 e. The molecule has 0 bridgehead atoms. The van der Waals surface area contributed by atoms with E-state index in [4.69, 9.17) is 0 Å². The Morgan fingerprint density at radius 1 is 1.27 bits per heavy atom. The zero-order chi connectivity index (χ0) is 8.27. The first-order valence-corrected chi connectivity index (χ1v) is 4.83. The van der Waals surface area contributed by atoms with Gasteiger partial charge < -0.3 is 4.55 Å². The molecule has 1 aromatic carbocycles. The Morgan fingerprint density at radius 2 is 1.82 bits per heavy atom. The quantitative estimate of drug-likeness (QED) is 0.613. The SMILES string of the molecule is C[N]c1ccc([S+](C)[O-])cc1. The predicted octanol–water partition coefficient (Wildman–Crippen LogP) is 1.29. The van der Waals surface area contributed by atoms with Gasteiger partial charge in [-0.15, -0.1) is 0 Å². The van der Waals surface area contributed by atoms with Gasteiger partial charge in [0.15, 0.2) is 4.90 Å². The second-order valence-electron chi connectivity index (χ2n) is 2.17. The molecule has 0 spiro atoms. The van der Waals surface area contributed by atoms with Gasteiger partial charge in [-0.3, -0.25) is 5.32 Å². The lowest BCUT2D eigenvalue weighted by molar-refractivity contribution is 0.601. The average molecular weight is 168 g/mol. The molecule has 1 aromatic rings. The lowest BCUT2D eigenvalue weighted by Crippen LogP contribution is -1.96. The lowest BCUT2D eigenvalue weighted by atomic mass is 10.3.